The quantitative estimate of drug-likeness (QED) is 0.485. The molecule has 0 amide bonds. The van der Waals surface area contributed by atoms with Crippen molar-refractivity contribution in [2.75, 3.05) is 5.32 Å². The van der Waals surface area contributed by atoms with Crippen molar-refractivity contribution in [3.63, 3.8) is 0 Å². The minimum absolute atomic E-state index is 0.0618. The molecule has 0 aliphatic heterocycles. The fourth-order valence-corrected chi connectivity index (χ4v) is 1.79. The third-order valence-corrected chi connectivity index (χ3v) is 3.54. The highest BCUT2D eigenvalue weighted by atomic mass is 79.9. The summed E-state index contributed by atoms with van der Waals surface area (Å²) in [4.78, 5) is 3.77. The molecule has 0 bridgehead atoms. The van der Waals surface area contributed by atoms with Gasteiger partial charge in [-0.3, -0.25) is 0 Å². The van der Waals surface area contributed by atoms with E-state index in [0.29, 0.717) is 10.0 Å². The first-order valence-corrected chi connectivity index (χ1v) is 6.03. The molecule has 2 nitrogen and oxygen atoms in total. The SMILES string of the molecule is Cc1ccnc(Nc2c(F)c(F)c(F)c(F)c2F)c1Br. The van der Waals surface area contributed by atoms with Gasteiger partial charge in [0.1, 0.15) is 11.5 Å². The topological polar surface area (TPSA) is 24.9 Å². The maximum absolute atomic E-state index is 13.5. The summed E-state index contributed by atoms with van der Waals surface area (Å²) >= 11 is 3.11. The van der Waals surface area contributed by atoms with Gasteiger partial charge in [-0.2, -0.15) is 0 Å². The fraction of sp³-hybridized carbons (Fsp3) is 0.0833. The van der Waals surface area contributed by atoms with Crippen LogP contribution >= 0.6 is 15.9 Å². The van der Waals surface area contributed by atoms with Crippen LogP contribution in [0.1, 0.15) is 5.56 Å². The van der Waals surface area contributed by atoms with Crippen LogP contribution in [0.3, 0.4) is 0 Å². The number of halogens is 6. The molecule has 20 heavy (non-hydrogen) atoms. The van der Waals surface area contributed by atoms with Crippen LogP contribution in [-0.4, -0.2) is 4.98 Å². The van der Waals surface area contributed by atoms with Crippen LogP contribution in [0.5, 0.6) is 0 Å². The fourth-order valence-electron chi connectivity index (χ4n) is 1.46. The molecule has 8 heteroatoms. The Labute approximate surface area is 118 Å². The smallest absolute Gasteiger partial charge is 0.200 e. The normalized spacial score (nSPS) is 10.8. The first-order valence-electron chi connectivity index (χ1n) is 5.24. The molecule has 1 aromatic carbocycles. The van der Waals surface area contributed by atoms with Gasteiger partial charge in [0.05, 0.1) is 4.47 Å². The average molecular weight is 353 g/mol. The summed E-state index contributed by atoms with van der Waals surface area (Å²) in [5.74, 6) is -10.2. The predicted molar refractivity (Wildman–Crippen MR) is 66.2 cm³/mol. The lowest BCUT2D eigenvalue weighted by Crippen LogP contribution is -2.08. The number of anilines is 2. The van der Waals surface area contributed by atoms with Crippen molar-refractivity contribution in [3.05, 3.63) is 51.4 Å². The summed E-state index contributed by atoms with van der Waals surface area (Å²) in [6, 6.07) is 1.60. The van der Waals surface area contributed by atoms with E-state index in [1.165, 1.54) is 6.20 Å². The third-order valence-electron chi connectivity index (χ3n) is 2.54. The molecule has 106 valence electrons. The molecule has 0 aliphatic rings. The van der Waals surface area contributed by atoms with Crippen molar-refractivity contribution < 1.29 is 22.0 Å². The monoisotopic (exact) mass is 352 g/mol. The molecule has 0 saturated carbocycles. The second-order valence-corrected chi connectivity index (χ2v) is 4.65. The summed E-state index contributed by atoms with van der Waals surface area (Å²) in [7, 11) is 0. The van der Waals surface area contributed by atoms with E-state index in [-0.39, 0.29) is 5.82 Å². The van der Waals surface area contributed by atoms with E-state index in [2.05, 4.69) is 26.2 Å². The molecule has 1 heterocycles. The molecule has 0 atom stereocenters. The lowest BCUT2D eigenvalue weighted by Gasteiger charge is -2.12. The van der Waals surface area contributed by atoms with Gasteiger partial charge in [0.15, 0.2) is 23.3 Å². The van der Waals surface area contributed by atoms with Gasteiger partial charge < -0.3 is 5.32 Å². The molecule has 0 fully saturated rings. The minimum Gasteiger partial charge on any atom is -0.334 e. The summed E-state index contributed by atoms with van der Waals surface area (Å²) in [5.41, 5.74) is -0.480. The van der Waals surface area contributed by atoms with Gasteiger partial charge in [-0.1, -0.05) is 0 Å². The van der Waals surface area contributed by atoms with Crippen LogP contribution in [-0.2, 0) is 0 Å². The molecule has 1 N–H and O–H groups in total. The standard InChI is InChI=1S/C12H6BrF5N2/c1-4-2-3-19-12(5(4)13)20-11-9(17)7(15)6(14)8(16)10(11)18/h2-3H,1H3,(H,19,20). The minimum atomic E-state index is -2.21. The number of nitrogens with one attached hydrogen (secondary N) is 1. The molecule has 0 unspecified atom stereocenters. The summed E-state index contributed by atoms with van der Waals surface area (Å²) in [6.45, 7) is 1.68. The molecular weight excluding hydrogens is 347 g/mol. The molecule has 0 saturated heterocycles. The zero-order valence-electron chi connectivity index (χ0n) is 9.87. The summed E-state index contributed by atoms with van der Waals surface area (Å²) in [6.07, 6.45) is 1.33. The third kappa shape index (κ3) is 2.35. The Morgan fingerprint density at radius 2 is 1.45 bits per heavy atom. The van der Waals surface area contributed by atoms with Crippen molar-refractivity contribution in [1.82, 2.24) is 4.98 Å². The van der Waals surface area contributed by atoms with Crippen molar-refractivity contribution in [2.24, 2.45) is 0 Å². The van der Waals surface area contributed by atoms with Gasteiger partial charge >= 0.3 is 0 Å². The molecule has 0 radical (unpaired) electrons. The van der Waals surface area contributed by atoms with Gasteiger partial charge in [-0.25, -0.2) is 26.9 Å². The molecule has 2 rings (SSSR count). The zero-order valence-corrected chi connectivity index (χ0v) is 11.5. The second-order valence-electron chi connectivity index (χ2n) is 3.86. The Kier molecular flexibility index (Phi) is 3.94. The van der Waals surface area contributed by atoms with Crippen LogP contribution in [0.25, 0.3) is 0 Å². The zero-order chi connectivity index (χ0) is 15.0. The van der Waals surface area contributed by atoms with Crippen LogP contribution in [0, 0.1) is 36.0 Å². The number of nitrogens with zero attached hydrogens (tertiary/aromatic N) is 1. The van der Waals surface area contributed by atoms with Crippen molar-refractivity contribution in [1.29, 1.82) is 0 Å². The number of rotatable bonds is 2. The Hall–Kier alpha value is -1.70. The van der Waals surface area contributed by atoms with Gasteiger partial charge in [0, 0.05) is 6.20 Å². The summed E-state index contributed by atoms with van der Waals surface area (Å²) < 4.78 is 66.3. The van der Waals surface area contributed by atoms with Crippen LogP contribution in [0.2, 0.25) is 0 Å². The maximum Gasteiger partial charge on any atom is 0.200 e. The van der Waals surface area contributed by atoms with Crippen LogP contribution in [0.15, 0.2) is 16.7 Å². The molecule has 2 aromatic rings. The number of benzene rings is 1. The average Bonchev–Trinajstić information content (AvgIpc) is 2.43. The lowest BCUT2D eigenvalue weighted by molar-refractivity contribution is 0.382. The largest absolute Gasteiger partial charge is 0.334 e. The maximum atomic E-state index is 13.5. The van der Waals surface area contributed by atoms with E-state index in [1.807, 2.05) is 0 Å². The van der Waals surface area contributed by atoms with E-state index >= 15 is 0 Å². The predicted octanol–water partition coefficient (Wildman–Crippen LogP) is 4.59. The molecule has 1 aromatic heterocycles. The lowest BCUT2D eigenvalue weighted by atomic mass is 10.2. The highest BCUT2D eigenvalue weighted by Gasteiger charge is 2.26. The Morgan fingerprint density at radius 3 is 2.00 bits per heavy atom. The van der Waals surface area contributed by atoms with Crippen LogP contribution in [0.4, 0.5) is 33.5 Å². The van der Waals surface area contributed by atoms with Crippen molar-refractivity contribution in [3.8, 4) is 0 Å². The van der Waals surface area contributed by atoms with Gasteiger partial charge in [-0.05, 0) is 34.5 Å². The van der Waals surface area contributed by atoms with E-state index < -0.39 is 34.8 Å². The van der Waals surface area contributed by atoms with Gasteiger partial charge in [-0.15, -0.1) is 0 Å². The first-order chi connectivity index (χ1) is 9.34. The Bertz CT molecular complexity index is 661. The van der Waals surface area contributed by atoms with Crippen molar-refractivity contribution in [2.45, 2.75) is 6.92 Å². The van der Waals surface area contributed by atoms with Crippen molar-refractivity contribution >= 4 is 27.4 Å². The van der Waals surface area contributed by atoms with Gasteiger partial charge in [0.2, 0.25) is 5.82 Å². The number of hydrogen-bond acceptors (Lipinski definition) is 2. The number of aromatic nitrogens is 1. The Morgan fingerprint density at radius 1 is 0.950 bits per heavy atom. The molecule has 0 aliphatic carbocycles. The van der Waals surface area contributed by atoms with Gasteiger partial charge in [0.25, 0.3) is 0 Å². The van der Waals surface area contributed by atoms with Crippen LogP contribution < -0.4 is 5.32 Å². The highest BCUT2D eigenvalue weighted by molar-refractivity contribution is 9.10. The van der Waals surface area contributed by atoms with E-state index in [0.717, 1.165) is 0 Å². The summed E-state index contributed by atoms with van der Waals surface area (Å²) in [5, 5.41) is 2.10. The molecular formula is C12H6BrF5N2. The number of pyridine rings is 1. The number of hydrogen-bond donors (Lipinski definition) is 1. The molecule has 0 spiro atoms. The number of aryl methyl sites for hydroxylation is 1. The van der Waals surface area contributed by atoms with E-state index in [9.17, 15) is 22.0 Å². The highest BCUT2D eigenvalue weighted by Crippen LogP contribution is 2.32. The van der Waals surface area contributed by atoms with E-state index in [4.69, 9.17) is 0 Å². The second kappa shape index (κ2) is 5.35. The first kappa shape index (κ1) is 14.7. The Balaban J connectivity index is 2.57. The van der Waals surface area contributed by atoms with E-state index in [1.54, 1.807) is 13.0 Å².